The van der Waals surface area contributed by atoms with E-state index in [2.05, 4.69) is 56.6 Å². The maximum absolute atomic E-state index is 12.6. The number of hydrogen-bond acceptors (Lipinski definition) is 5. The van der Waals surface area contributed by atoms with Crippen LogP contribution >= 0.6 is 0 Å². The Labute approximate surface area is 187 Å². The van der Waals surface area contributed by atoms with Gasteiger partial charge in [-0.3, -0.25) is 14.5 Å². The van der Waals surface area contributed by atoms with Crippen molar-refractivity contribution in [3.63, 3.8) is 0 Å². The summed E-state index contributed by atoms with van der Waals surface area (Å²) >= 11 is 0. The summed E-state index contributed by atoms with van der Waals surface area (Å²) in [5, 5.41) is 5.87. The van der Waals surface area contributed by atoms with Crippen LogP contribution in [-0.4, -0.2) is 81.5 Å². The van der Waals surface area contributed by atoms with Gasteiger partial charge in [-0.25, -0.2) is 0 Å². The number of likely N-dealkylation sites (N-methyl/N-ethyl adjacent to an activating group) is 1. The second kappa shape index (κ2) is 11.5. The van der Waals surface area contributed by atoms with Gasteiger partial charge in [-0.2, -0.15) is 0 Å². The Hall–Kier alpha value is -2.12. The molecule has 2 fully saturated rings. The van der Waals surface area contributed by atoms with E-state index in [0.29, 0.717) is 6.54 Å². The predicted octanol–water partition coefficient (Wildman–Crippen LogP) is 2.00. The van der Waals surface area contributed by atoms with E-state index in [-0.39, 0.29) is 12.1 Å². The fraction of sp³-hybridized carbons (Fsp3) is 0.667. The summed E-state index contributed by atoms with van der Waals surface area (Å²) < 4.78 is 0. The predicted molar refractivity (Wildman–Crippen MR) is 125 cm³/mol. The van der Waals surface area contributed by atoms with Crippen LogP contribution in [0.3, 0.4) is 0 Å². The van der Waals surface area contributed by atoms with Crippen LogP contribution in [0.4, 0.5) is 5.69 Å². The van der Waals surface area contributed by atoms with E-state index >= 15 is 0 Å². The quantitative estimate of drug-likeness (QED) is 0.535. The van der Waals surface area contributed by atoms with E-state index in [1.54, 1.807) is 0 Å². The molecule has 1 saturated carbocycles. The summed E-state index contributed by atoms with van der Waals surface area (Å²) in [4.78, 5) is 31.8. The van der Waals surface area contributed by atoms with Gasteiger partial charge in [-0.1, -0.05) is 37.8 Å². The Morgan fingerprint density at radius 2 is 1.58 bits per heavy atom. The smallest absolute Gasteiger partial charge is 0.309 e. The Morgan fingerprint density at radius 1 is 0.968 bits per heavy atom. The van der Waals surface area contributed by atoms with E-state index in [4.69, 9.17) is 0 Å². The number of rotatable bonds is 6. The SMILES string of the molecule is CN1CCN([C@H](CNC(=O)C(=O)NC2CCCCCC2)c2ccc(N(C)C)cc2)CC1. The Kier molecular flexibility index (Phi) is 8.72. The largest absolute Gasteiger partial charge is 0.378 e. The number of anilines is 1. The van der Waals surface area contributed by atoms with Gasteiger partial charge >= 0.3 is 11.8 Å². The molecule has 31 heavy (non-hydrogen) atoms. The second-order valence-corrected chi connectivity index (χ2v) is 9.21. The van der Waals surface area contributed by atoms with E-state index in [9.17, 15) is 9.59 Å². The van der Waals surface area contributed by atoms with Gasteiger partial charge in [0.2, 0.25) is 0 Å². The number of nitrogens with one attached hydrogen (secondary N) is 2. The molecule has 1 heterocycles. The highest BCUT2D eigenvalue weighted by Crippen LogP contribution is 2.24. The number of hydrogen-bond donors (Lipinski definition) is 2. The minimum absolute atomic E-state index is 0.0551. The summed E-state index contributed by atoms with van der Waals surface area (Å²) in [6.45, 7) is 4.33. The summed E-state index contributed by atoms with van der Waals surface area (Å²) in [6.07, 6.45) is 6.64. The zero-order valence-corrected chi connectivity index (χ0v) is 19.4. The van der Waals surface area contributed by atoms with Crippen LogP contribution in [0.25, 0.3) is 0 Å². The maximum Gasteiger partial charge on any atom is 0.309 e. The van der Waals surface area contributed by atoms with Crippen molar-refractivity contribution in [2.75, 3.05) is 58.8 Å². The van der Waals surface area contributed by atoms with Crippen LogP contribution in [0.1, 0.15) is 50.1 Å². The van der Waals surface area contributed by atoms with Gasteiger partial charge < -0.3 is 20.4 Å². The van der Waals surface area contributed by atoms with Crippen molar-refractivity contribution in [1.29, 1.82) is 0 Å². The monoisotopic (exact) mass is 429 g/mol. The van der Waals surface area contributed by atoms with Gasteiger partial charge in [0.05, 0.1) is 6.04 Å². The molecule has 1 aromatic rings. The van der Waals surface area contributed by atoms with Gasteiger partial charge in [0.15, 0.2) is 0 Å². The molecule has 1 saturated heterocycles. The standard InChI is InChI=1S/C24H39N5O2/c1-27(2)21-12-10-19(11-13-21)22(29-16-14-28(3)15-17-29)18-25-23(30)24(31)26-20-8-6-4-5-7-9-20/h10-13,20,22H,4-9,14-18H2,1-3H3,(H,25,30)(H,26,31)/t22-/m1/s1. The number of piperazine rings is 1. The van der Waals surface area contributed by atoms with Gasteiger partial charge in [0, 0.05) is 58.5 Å². The summed E-state index contributed by atoms with van der Waals surface area (Å²) in [5.41, 5.74) is 2.31. The van der Waals surface area contributed by atoms with Gasteiger partial charge in [-0.05, 0) is 37.6 Å². The third-order valence-corrected chi connectivity index (χ3v) is 6.63. The lowest BCUT2D eigenvalue weighted by molar-refractivity contribution is -0.139. The highest BCUT2D eigenvalue weighted by Gasteiger charge is 2.26. The molecule has 172 valence electrons. The van der Waals surface area contributed by atoms with Crippen molar-refractivity contribution in [1.82, 2.24) is 20.4 Å². The van der Waals surface area contributed by atoms with Crippen molar-refractivity contribution < 1.29 is 9.59 Å². The lowest BCUT2D eigenvalue weighted by Crippen LogP contribution is -2.50. The van der Waals surface area contributed by atoms with Crippen molar-refractivity contribution in [3.8, 4) is 0 Å². The first-order valence-electron chi connectivity index (χ1n) is 11.7. The summed E-state index contributed by atoms with van der Waals surface area (Å²) in [6, 6.07) is 8.68. The first-order chi connectivity index (χ1) is 14.9. The van der Waals surface area contributed by atoms with Crippen LogP contribution < -0.4 is 15.5 Å². The molecule has 0 unspecified atom stereocenters. The molecule has 1 atom stereocenters. The number of carbonyl (C=O) groups excluding carboxylic acids is 2. The molecule has 7 nitrogen and oxygen atoms in total. The van der Waals surface area contributed by atoms with Gasteiger partial charge in [0.1, 0.15) is 0 Å². The molecule has 1 aliphatic carbocycles. The maximum atomic E-state index is 12.6. The molecular formula is C24H39N5O2. The molecule has 0 spiro atoms. The fourth-order valence-electron chi connectivity index (χ4n) is 4.53. The minimum atomic E-state index is -0.520. The number of amides is 2. The van der Waals surface area contributed by atoms with E-state index in [1.165, 1.54) is 18.4 Å². The van der Waals surface area contributed by atoms with Crippen LogP contribution in [0.15, 0.2) is 24.3 Å². The van der Waals surface area contributed by atoms with Crippen molar-refractivity contribution in [2.24, 2.45) is 0 Å². The molecule has 0 radical (unpaired) electrons. The number of carbonyl (C=O) groups is 2. The number of nitrogens with zero attached hydrogens (tertiary/aromatic N) is 3. The topological polar surface area (TPSA) is 67.9 Å². The average Bonchev–Trinajstić information content (AvgIpc) is 3.04. The van der Waals surface area contributed by atoms with Crippen molar-refractivity contribution >= 4 is 17.5 Å². The third kappa shape index (κ3) is 6.94. The Balaban J connectivity index is 1.62. The molecule has 7 heteroatoms. The normalized spacial score (nSPS) is 20.0. The van der Waals surface area contributed by atoms with Crippen molar-refractivity contribution in [3.05, 3.63) is 29.8 Å². The second-order valence-electron chi connectivity index (χ2n) is 9.21. The Bertz CT molecular complexity index is 705. The molecule has 2 aliphatic rings. The zero-order valence-electron chi connectivity index (χ0n) is 19.4. The lowest BCUT2D eigenvalue weighted by Gasteiger charge is -2.38. The first-order valence-corrected chi connectivity index (χ1v) is 11.7. The fourth-order valence-corrected chi connectivity index (χ4v) is 4.53. The molecule has 0 aromatic heterocycles. The highest BCUT2D eigenvalue weighted by molar-refractivity contribution is 6.35. The Morgan fingerprint density at radius 3 is 2.16 bits per heavy atom. The lowest BCUT2D eigenvalue weighted by atomic mass is 10.0. The first kappa shape index (κ1) is 23.5. The zero-order chi connectivity index (χ0) is 22.2. The molecule has 2 N–H and O–H groups in total. The molecule has 1 aliphatic heterocycles. The highest BCUT2D eigenvalue weighted by atomic mass is 16.2. The van der Waals surface area contributed by atoms with Crippen LogP contribution in [0.2, 0.25) is 0 Å². The van der Waals surface area contributed by atoms with E-state index in [0.717, 1.165) is 57.5 Å². The van der Waals surface area contributed by atoms with Crippen LogP contribution in [0, 0.1) is 0 Å². The third-order valence-electron chi connectivity index (χ3n) is 6.63. The number of benzene rings is 1. The molecule has 1 aromatic carbocycles. The van der Waals surface area contributed by atoms with Crippen LogP contribution in [-0.2, 0) is 9.59 Å². The van der Waals surface area contributed by atoms with E-state index < -0.39 is 11.8 Å². The van der Waals surface area contributed by atoms with Gasteiger partial charge in [0.25, 0.3) is 0 Å². The molecule has 0 bridgehead atoms. The van der Waals surface area contributed by atoms with E-state index in [1.807, 2.05) is 14.1 Å². The van der Waals surface area contributed by atoms with Gasteiger partial charge in [-0.15, -0.1) is 0 Å². The van der Waals surface area contributed by atoms with Crippen LogP contribution in [0.5, 0.6) is 0 Å². The summed E-state index contributed by atoms with van der Waals surface area (Å²) in [7, 11) is 6.19. The van der Waals surface area contributed by atoms with Crippen molar-refractivity contribution in [2.45, 2.75) is 50.6 Å². The molecule has 2 amide bonds. The minimum Gasteiger partial charge on any atom is -0.378 e. The molecule has 3 rings (SSSR count). The average molecular weight is 430 g/mol. The summed E-state index contributed by atoms with van der Waals surface area (Å²) in [5.74, 6) is -1.01. The molecular weight excluding hydrogens is 390 g/mol.